The lowest BCUT2D eigenvalue weighted by Crippen LogP contribution is -2.32. The van der Waals surface area contributed by atoms with Crippen LogP contribution >= 0.6 is 0 Å². The molecule has 1 aliphatic carbocycles. The van der Waals surface area contributed by atoms with E-state index in [-0.39, 0.29) is 0 Å². The Balaban J connectivity index is 2.12. The molecule has 2 atom stereocenters. The van der Waals surface area contributed by atoms with Crippen molar-refractivity contribution in [2.45, 2.75) is 65.3 Å². The Hall–Kier alpha value is -0.300. The van der Waals surface area contributed by atoms with Crippen LogP contribution in [0.4, 0.5) is 0 Å². The van der Waals surface area contributed by atoms with E-state index >= 15 is 0 Å². The molecule has 1 aliphatic rings. The van der Waals surface area contributed by atoms with Gasteiger partial charge in [-0.2, -0.15) is 0 Å². The third kappa shape index (κ3) is 4.83. The molecule has 0 unspecified atom stereocenters. The second-order valence-corrected chi connectivity index (χ2v) is 4.99. The minimum atomic E-state index is 0.666. The van der Waals surface area contributed by atoms with Crippen LogP contribution in [0.5, 0.6) is 0 Å². The molecular weight excluding hydrogens is 182 g/mol. The number of nitrogens with one attached hydrogen (secondary N) is 1. The molecule has 0 fully saturated rings. The molecular formula is C14H27N. The van der Waals surface area contributed by atoms with Gasteiger partial charge >= 0.3 is 0 Å². The van der Waals surface area contributed by atoms with Crippen LogP contribution < -0.4 is 5.32 Å². The normalized spacial score (nSPS) is 20.9. The van der Waals surface area contributed by atoms with E-state index in [1.54, 1.807) is 5.57 Å². The third-order valence-corrected chi connectivity index (χ3v) is 3.79. The Morgan fingerprint density at radius 3 is 2.73 bits per heavy atom. The summed E-state index contributed by atoms with van der Waals surface area (Å²) < 4.78 is 0. The van der Waals surface area contributed by atoms with Gasteiger partial charge in [0.25, 0.3) is 0 Å². The van der Waals surface area contributed by atoms with Gasteiger partial charge in [-0.15, -0.1) is 0 Å². The van der Waals surface area contributed by atoms with E-state index in [1.807, 2.05) is 0 Å². The van der Waals surface area contributed by atoms with Crippen molar-refractivity contribution in [1.29, 1.82) is 0 Å². The largest absolute Gasteiger partial charge is 0.314 e. The molecule has 0 radical (unpaired) electrons. The van der Waals surface area contributed by atoms with Crippen LogP contribution in [0.15, 0.2) is 11.6 Å². The Bertz CT molecular complexity index is 196. The van der Waals surface area contributed by atoms with Crippen molar-refractivity contribution in [2.75, 3.05) is 6.54 Å². The van der Waals surface area contributed by atoms with Gasteiger partial charge in [0.05, 0.1) is 0 Å². The summed E-state index contributed by atoms with van der Waals surface area (Å²) in [7, 11) is 0. The summed E-state index contributed by atoms with van der Waals surface area (Å²) in [5, 5.41) is 3.64. The molecule has 1 N–H and O–H groups in total. The number of rotatable bonds is 6. The maximum absolute atomic E-state index is 3.64. The molecule has 0 bridgehead atoms. The Labute approximate surface area is 95.3 Å². The Kier molecular flexibility index (Phi) is 6.00. The summed E-state index contributed by atoms with van der Waals surface area (Å²) in [6, 6.07) is 0.666. The minimum absolute atomic E-state index is 0.666. The Morgan fingerprint density at radius 2 is 2.13 bits per heavy atom. The average molecular weight is 209 g/mol. The van der Waals surface area contributed by atoms with Gasteiger partial charge in [-0.05, 0) is 51.5 Å². The van der Waals surface area contributed by atoms with Gasteiger partial charge in [-0.1, -0.05) is 31.9 Å². The highest BCUT2D eigenvalue weighted by Gasteiger charge is 2.09. The first-order chi connectivity index (χ1) is 7.24. The monoisotopic (exact) mass is 209 g/mol. The SMILES string of the molecule is CC[C@H](C)[C@H](C)NCCC1=CCCCC1. The van der Waals surface area contributed by atoms with Crippen LogP contribution in [0.3, 0.4) is 0 Å². The molecule has 0 heterocycles. The average Bonchev–Trinajstić information content (AvgIpc) is 2.29. The van der Waals surface area contributed by atoms with Gasteiger partial charge in [0.2, 0.25) is 0 Å². The predicted octanol–water partition coefficient (Wildman–Crippen LogP) is 3.90. The number of allylic oxidation sites excluding steroid dienone is 1. The van der Waals surface area contributed by atoms with Gasteiger partial charge in [0.15, 0.2) is 0 Å². The van der Waals surface area contributed by atoms with E-state index in [1.165, 1.54) is 38.5 Å². The van der Waals surface area contributed by atoms with Crippen molar-refractivity contribution in [2.24, 2.45) is 5.92 Å². The van der Waals surface area contributed by atoms with Gasteiger partial charge < -0.3 is 5.32 Å². The summed E-state index contributed by atoms with van der Waals surface area (Å²) in [5.74, 6) is 0.797. The van der Waals surface area contributed by atoms with Crippen LogP contribution in [-0.4, -0.2) is 12.6 Å². The number of hydrogen-bond acceptors (Lipinski definition) is 1. The van der Waals surface area contributed by atoms with E-state index < -0.39 is 0 Å². The van der Waals surface area contributed by atoms with Gasteiger partial charge in [-0.3, -0.25) is 0 Å². The highest BCUT2D eigenvalue weighted by Crippen LogP contribution is 2.19. The van der Waals surface area contributed by atoms with Crippen molar-refractivity contribution >= 4 is 0 Å². The molecule has 0 aromatic rings. The maximum Gasteiger partial charge on any atom is 0.00643 e. The van der Waals surface area contributed by atoms with Crippen molar-refractivity contribution in [1.82, 2.24) is 5.32 Å². The van der Waals surface area contributed by atoms with Crippen LogP contribution in [-0.2, 0) is 0 Å². The molecule has 1 rings (SSSR count). The van der Waals surface area contributed by atoms with Crippen LogP contribution in [0.1, 0.15) is 59.3 Å². The first-order valence-corrected chi connectivity index (χ1v) is 6.65. The maximum atomic E-state index is 3.64. The fourth-order valence-corrected chi connectivity index (χ4v) is 2.15. The first-order valence-electron chi connectivity index (χ1n) is 6.65. The highest BCUT2D eigenvalue weighted by atomic mass is 14.9. The Morgan fingerprint density at radius 1 is 1.33 bits per heavy atom. The van der Waals surface area contributed by atoms with Crippen LogP contribution in [0, 0.1) is 5.92 Å². The molecule has 15 heavy (non-hydrogen) atoms. The van der Waals surface area contributed by atoms with Gasteiger partial charge in [-0.25, -0.2) is 0 Å². The van der Waals surface area contributed by atoms with Gasteiger partial charge in [0, 0.05) is 6.04 Å². The van der Waals surface area contributed by atoms with E-state index in [2.05, 4.69) is 32.2 Å². The highest BCUT2D eigenvalue weighted by molar-refractivity contribution is 5.05. The quantitative estimate of drug-likeness (QED) is 0.654. The number of hydrogen-bond donors (Lipinski definition) is 1. The van der Waals surface area contributed by atoms with Crippen molar-refractivity contribution in [3.63, 3.8) is 0 Å². The summed E-state index contributed by atoms with van der Waals surface area (Å²) >= 11 is 0. The topological polar surface area (TPSA) is 12.0 Å². The summed E-state index contributed by atoms with van der Waals surface area (Å²) in [5.41, 5.74) is 1.69. The lowest BCUT2D eigenvalue weighted by Gasteiger charge is -2.21. The zero-order valence-corrected chi connectivity index (χ0v) is 10.7. The molecule has 1 heteroatoms. The summed E-state index contributed by atoms with van der Waals surface area (Å²) in [6.07, 6.45) is 10.5. The van der Waals surface area contributed by atoms with Crippen molar-refractivity contribution in [3.8, 4) is 0 Å². The molecule has 0 aromatic carbocycles. The van der Waals surface area contributed by atoms with Crippen molar-refractivity contribution in [3.05, 3.63) is 11.6 Å². The smallest absolute Gasteiger partial charge is 0.00643 e. The van der Waals surface area contributed by atoms with E-state index in [9.17, 15) is 0 Å². The zero-order chi connectivity index (χ0) is 11.1. The summed E-state index contributed by atoms with van der Waals surface area (Å²) in [6.45, 7) is 8.07. The fourth-order valence-electron chi connectivity index (χ4n) is 2.15. The van der Waals surface area contributed by atoms with E-state index in [0.29, 0.717) is 6.04 Å². The molecule has 0 aliphatic heterocycles. The molecule has 0 saturated heterocycles. The summed E-state index contributed by atoms with van der Waals surface area (Å²) in [4.78, 5) is 0. The lowest BCUT2D eigenvalue weighted by atomic mass is 9.96. The second-order valence-electron chi connectivity index (χ2n) is 4.99. The standard InChI is InChI=1S/C14H27N/c1-4-12(2)13(3)15-11-10-14-8-6-5-7-9-14/h8,12-13,15H,4-7,9-11H2,1-3H3/t12-,13-/m0/s1. The van der Waals surface area contributed by atoms with Gasteiger partial charge in [0.1, 0.15) is 0 Å². The second kappa shape index (κ2) is 7.05. The minimum Gasteiger partial charge on any atom is -0.314 e. The first kappa shape index (κ1) is 12.8. The van der Waals surface area contributed by atoms with Crippen LogP contribution in [0.25, 0.3) is 0 Å². The molecule has 88 valence electrons. The predicted molar refractivity (Wildman–Crippen MR) is 68.1 cm³/mol. The molecule has 0 amide bonds. The van der Waals surface area contributed by atoms with Crippen molar-refractivity contribution < 1.29 is 0 Å². The molecule has 1 nitrogen and oxygen atoms in total. The van der Waals surface area contributed by atoms with E-state index in [4.69, 9.17) is 0 Å². The fraction of sp³-hybridized carbons (Fsp3) is 0.857. The molecule has 0 spiro atoms. The van der Waals surface area contributed by atoms with Crippen LogP contribution in [0.2, 0.25) is 0 Å². The van der Waals surface area contributed by atoms with E-state index in [0.717, 1.165) is 12.5 Å². The zero-order valence-electron chi connectivity index (χ0n) is 10.7. The lowest BCUT2D eigenvalue weighted by molar-refractivity contribution is 0.392. The molecule has 0 saturated carbocycles. The molecule has 0 aromatic heterocycles. The third-order valence-electron chi connectivity index (χ3n) is 3.79.